The molecule has 0 aliphatic carbocycles. The molecule has 0 saturated heterocycles. The van der Waals surface area contributed by atoms with Crippen LogP contribution in [0.3, 0.4) is 0 Å². The molecule has 0 aliphatic heterocycles. The molecule has 0 bridgehead atoms. The fourth-order valence-electron chi connectivity index (χ4n) is 2.86. The minimum absolute atomic E-state index is 0.0177. The van der Waals surface area contributed by atoms with Gasteiger partial charge in [0.15, 0.2) is 6.61 Å². The van der Waals surface area contributed by atoms with E-state index in [1.54, 1.807) is 0 Å². The third-order valence-electron chi connectivity index (χ3n) is 4.69. The predicted octanol–water partition coefficient (Wildman–Crippen LogP) is 5.34. The predicted molar refractivity (Wildman–Crippen MR) is 104 cm³/mol. The topological polar surface area (TPSA) is 38.3 Å². The van der Waals surface area contributed by atoms with Gasteiger partial charge in [0.05, 0.1) is 0 Å². The second kappa shape index (κ2) is 9.26. The van der Waals surface area contributed by atoms with E-state index in [0.29, 0.717) is 5.92 Å². The van der Waals surface area contributed by atoms with Gasteiger partial charge in [-0.3, -0.25) is 4.79 Å². The molecular formula is C22H29NO2. The van der Waals surface area contributed by atoms with E-state index >= 15 is 0 Å². The third-order valence-corrected chi connectivity index (χ3v) is 4.69. The second-order valence-corrected chi connectivity index (χ2v) is 6.37. The van der Waals surface area contributed by atoms with Crippen LogP contribution in [-0.2, 0) is 17.6 Å². The Morgan fingerprint density at radius 3 is 2.12 bits per heavy atom. The molecule has 0 aromatic heterocycles. The highest BCUT2D eigenvalue weighted by molar-refractivity contribution is 5.93. The average Bonchev–Trinajstić information content (AvgIpc) is 2.66. The fraction of sp³-hybridized carbons (Fsp3) is 0.409. The highest BCUT2D eigenvalue weighted by Gasteiger charge is 2.11. The lowest BCUT2D eigenvalue weighted by molar-refractivity contribution is -0.118. The zero-order valence-electron chi connectivity index (χ0n) is 15.8. The van der Waals surface area contributed by atoms with Gasteiger partial charge in [-0.15, -0.1) is 0 Å². The van der Waals surface area contributed by atoms with Crippen LogP contribution in [0.5, 0.6) is 5.75 Å². The van der Waals surface area contributed by atoms with Crippen molar-refractivity contribution in [3.63, 3.8) is 0 Å². The van der Waals surface area contributed by atoms with E-state index < -0.39 is 0 Å². The first-order chi connectivity index (χ1) is 12.1. The van der Waals surface area contributed by atoms with Crippen molar-refractivity contribution in [1.29, 1.82) is 0 Å². The maximum absolute atomic E-state index is 12.3. The van der Waals surface area contributed by atoms with E-state index in [-0.39, 0.29) is 12.5 Å². The number of amides is 1. The molecule has 2 rings (SSSR count). The van der Waals surface area contributed by atoms with Gasteiger partial charge in [0.1, 0.15) is 5.75 Å². The van der Waals surface area contributed by atoms with Gasteiger partial charge in [0.2, 0.25) is 0 Å². The van der Waals surface area contributed by atoms with Crippen molar-refractivity contribution in [3.8, 4) is 5.75 Å². The van der Waals surface area contributed by atoms with Gasteiger partial charge in [-0.2, -0.15) is 0 Å². The lowest BCUT2D eigenvalue weighted by atomic mass is 9.99. The second-order valence-electron chi connectivity index (χ2n) is 6.37. The summed E-state index contributed by atoms with van der Waals surface area (Å²) in [4.78, 5) is 12.3. The van der Waals surface area contributed by atoms with Gasteiger partial charge in [-0.1, -0.05) is 58.0 Å². The standard InChI is InChI=1S/C22H29NO2/c1-5-16(4)19-11-13-20(14-12-19)25-15-21(24)23-22-17(6-2)9-8-10-18(22)7-3/h8-14,16H,5-7,15H2,1-4H3,(H,23,24). The minimum atomic E-state index is -0.124. The molecule has 3 heteroatoms. The van der Waals surface area contributed by atoms with Crippen molar-refractivity contribution >= 4 is 11.6 Å². The van der Waals surface area contributed by atoms with Crippen LogP contribution in [0.1, 0.15) is 56.7 Å². The summed E-state index contributed by atoms with van der Waals surface area (Å²) in [5, 5.41) is 3.03. The molecule has 0 aliphatic rings. The van der Waals surface area contributed by atoms with E-state index in [4.69, 9.17) is 4.74 Å². The Bertz CT molecular complexity index is 669. The molecule has 0 spiro atoms. The smallest absolute Gasteiger partial charge is 0.262 e. The summed E-state index contributed by atoms with van der Waals surface area (Å²) in [5.74, 6) is 1.14. The van der Waals surface area contributed by atoms with Gasteiger partial charge in [0, 0.05) is 5.69 Å². The Hall–Kier alpha value is -2.29. The summed E-state index contributed by atoms with van der Waals surface area (Å²) in [6, 6.07) is 14.2. The van der Waals surface area contributed by atoms with Crippen molar-refractivity contribution in [1.82, 2.24) is 0 Å². The zero-order valence-corrected chi connectivity index (χ0v) is 15.8. The highest BCUT2D eigenvalue weighted by atomic mass is 16.5. The number of carbonyl (C=O) groups is 1. The molecule has 1 atom stereocenters. The van der Waals surface area contributed by atoms with Gasteiger partial charge in [0.25, 0.3) is 5.91 Å². The number of hydrogen-bond donors (Lipinski definition) is 1. The lowest BCUT2D eigenvalue weighted by Gasteiger charge is -2.15. The van der Waals surface area contributed by atoms with Gasteiger partial charge in [-0.25, -0.2) is 0 Å². The Labute approximate surface area is 151 Å². The number of aryl methyl sites for hydroxylation is 2. The maximum Gasteiger partial charge on any atom is 0.262 e. The summed E-state index contributed by atoms with van der Waals surface area (Å²) >= 11 is 0. The maximum atomic E-state index is 12.3. The number of para-hydroxylation sites is 1. The van der Waals surface area contributed by atoms with E-state index in [1.165, 1.54) is 5.56 Å². The van der Waals surface area contributed by atoms with Gasteiger partial charge >= 0.3 is 0 Å². The molecule has 1 amide bonds. The number of rotatable bonds is 8. The van der Waals surface area contributed by atoms with Gasteiger partial charge < -0.3 is 10.1 Å². The molecular weight excluding hydrogens is 310 g/mol. The molecule has 2 aromatic rings. The summed E-state index contributed by atoms with van der Waals surface area (Å²) < 4.78 is 5.64. The summed E-state index contributed by atoms with van der Waals surface area (Å²) in [7, 11) is 0. The molecule has 0 radical (unpaired) electrons. The van der Waals surface area contributed by atoms with Crippen LogP contribution in [0, 0.1) is 0 Å². The molecule has 0 saturated carbocycles. The number of carbonyl (C=O) groups excluding carboxylic acids is 1. The number of hydrogen-bond acceptors (Lipinski definition) is 2. The quantitative estimate of drug-likeness (QED) is 0.705. The van der Waals surface area contributed by atoms with E-state index in [2.05, 4.69) is 57.3 Å². The summed E-state index contributed by atoms with van der Waals surface area (Å²) in [6.07, 6.45) is 2.89. The highest BCUT2D eigenvalue weighted by Crippen LogP contribution is 2.23. The van der Waals surface area contributed by atoms with E-state index in [0.717, 1.165) is 41.8 Å². The van der Waals surface area contributed by atoms with Crippen LogP contribution >= 0.6 is 0 Å². The van der Waals surface area contributed by atoms with E-state index in [9.17, 15) is 4.79 Å². The molecule has 0 heterocycles. The van der Waals surface area contributed by atoms with Crippen LogP contribution in [-0.4, -0.2) is 12.5 Å². The molecule has 2 aromatic carbocycles. The normalized spacial score (nSPS) is 11.8. The van der Waals surface area contributed by atoms with Crippen LogP contribution in [0.25, 0.3) is 0 Å². The molecule has 134 valence electrons. The van der Waals surface area contributed by atoms with E-state index in [1.807, 2.05) is 18.2 Å². The van der Waals surface area contributed by atoms with Crippen LogP contribution in [0.4, 0.5) is 5.69 Å². The van der Waals surface area contributed by atoms with Crippen LogP contribution in [0.15, 0.2) is 42.5 Å². The number of anilines is 1. The van der Waals surface area contributed by atoms with Crippen molar-refractivity contribution in [2.24, 2.45) is 0 Å². The van der Waals surface area contributed by atoms with Gasteiger partial charge in [-0.05, 0) is 54.0 Å². The molecule has 1 unspecified atom stereocenters. The number of benzene rings is 2. The molecule has 25 heavy (non-hydrogen) atoms. The average molecular weight is 339 g/mol. The largest absolute Gasteiger partial charge is 0.484 e. The monoisotopic (exact) mass is 339 g/mol. The molecule has 3 nitrogen and oxygen atoms in total. The van der Waals surface area contributed by atoms with Crippen LogP contribution in [0.2, 0.25) is 0 Å². The van der Waals surface area contributed by atoms with Crippen molar-refractivity contribution in [2.45, 2.75) is 52.9 Å². The first kappa shape index (κ1) is 19.0. The SMILES string of the molecule is CCc1cccc(CC)c1NC(=O)COc1ccc(C(C)CC)cc1. The Morgan fingerprint density at radius 1 is 1.00 bits per heavy atom. The number of ether oxygens (including phenoxy) is 1. The Balaban J connectivity index is 1.97. The molecule has 0 fully saturated rings. The first-order valence-electron chi connectivity index (χ1n) is 9.22. The molecule has 1 N–H and O–H groups in total. The van der Waals surface area contributed by atoms with Crippen LogP contribution < -0.4 is 10.1 Å². The minimum Gasteiger partial charge on any atom is -0.484 e. The van der Waals surface area contributed by atoms with Crippen molar-refractivity contribution in [3.05, 3.63) is 59.2 Å². The first-order valence-corrected chi connectivity index (χ1v) is 9.22. The number of nitrogens with one attached hydrogen (secondary N) is 1. The summed E-state index contributed by atoms with van der Waals surface area (Å²) in [6.45, 7) is 8.60. The summed E-state index contributed by atoms with van der Waals surface area (Å²) in [5.41, 5.74) is 4.55. The third kappa shape index (κ3) is 5.09. The Kier molecular flexibility index (Phi) is 7.05. The Morgan fingerprint density at radius 2 is 1.60 bits per heavy atom. The fourth-order valence-corrected chi connectivity index (χ4v) is 2.86. The lowest BCUT2D eigenvalue weighted by Crippen LogP contribution is -2.21. The van der Waals surface area contributed by atoms with Crippen molar-refractivity contribution in [2.75, 3.05) is 11.9 Å². The van der Waals surface area contributed by atoms with Crippen molar-refractivity contribution < 1.29 is 9.53 Å². The zero-order chi connectivity index (χ0) is 18.2.